The van der Waals surface area contributed by atoms with Gasteiger partial charge in [-0.3, -0.25) is 4.79 Å². The molecule has 13 heteroatoms. The fraction of sp³-hybridized carbons (Fsp3) is 0.450. The summed E-state index contributed by atoms with van der Waals surface area (Å²) in [6.07, 6.45) is 4.69. The van der Waals surface area contributed by atoms with E-state index in [0.29, 0.717) is 36.2 Å². The molecule has 2 aromatic rings. The number of likely N-dealkylation sites (N-methyl/N-ethyl adjacent to an activating group) is 2. The van der Waals surface area contributed by atoms with Crippen LogP contribution < -0.4 is 20.3 Å². The molecular formula is C20H26N6O5S2. The van der Waals surface area contributed by atoms with Gasteiger partial charge in [-0.1, -0.05) is 12.8 Å². The molecule has 1 atom stereocenters. The molecule has 1 aromatic heterocycles. The first-order valence-electron chi connectivity index (χ1n) is 10.7. The summed E-state index contributed by atoms with van der Waals surface area (Å²) in [4.78, 5) is 25.4. The molecule has 0 spiro atoms. The molecular weight excluding hydrogens is 468 g/mol. The van der Waals surface area contributed by atoms with Gasteiger partial charge in [0.05, 0.1) is 11.1 Å². The first kappa shape index (κ1) is 23.4. The lowest BCUT2D eigenvalue weighted by Crippen LogP contribution is -2.54. The van der Waals surface area contributed by atoms with E-state index in [0.717, 1.165) is 31.4 Å². The summed E-state index contributed by atoms with van der Waals surface area (Å²) in [5, 5.41) is 7.79. The van der Waals surface area contributed by atoms with E-state index in [1.807, 2.05) is 18.7 Å². The lowest BCUT2D eigenvalue weighted by molar-refractivity contribution is -0.120. The molecule has 0 radical (unpaired) electrons. The van der Waals surface area contributed by atoms with E-state index in [-0.39, 0.29) is 17.9 Å². The van der Waals surface area contributed by atoms with Crippen LogP contribution in [-0.2, 0) is 22.7 Å². The molecule has 1 saturated carbocycles. The summed E-state index contributed by atoms with van der Waals surface area (Å²) in [6, 6.07) is 4.82. The number of aromatic nitrogens is 2. The minimum absolute atomic E-state index is 0.0645. The van der Waals surface area contributed by atoms with Crippen LogP contribution in [0.3, 0.4) is 0 Å². The lowest BCUT2D eigenvalue weighted by Gasteiger charge is -2.41. The summed E-state index contributed by atoms with van der Waals surface area (Å²) in [6.45, 7) is 5.03. The van der Waals surface area contributed by atoms with Gasteiger partial charge in [0, 0.05) is 18.8 Å². The van der Waals surface area contributed by atoms with Gasteiger partial charge in [-0.2, -0.15) is 13.4 Å². The number of fused-ring (bicyclic) bond motifs is 1. The third-order valence-corrected chi connectivity index (χ3v) is 9.73. The Morgan fingerprint density at radius 1 is 1.09 bits per heavy atom. The van der Waals surface area contributed by atoms with Crippen LogP contribution in [0, 0.1) is 5.92 Å². The maximum Gasteiger partial charge on any atom is 0.319 e. The number of carbonyl (C=O) groups excluding carboxylic acids is 1. The second-order valence-electron chi connectivity index (χ2n) is 8.06. The van der Waals surface area contributed by atoms with Gasteiger partial charge in [-0.25, -0.2) is 18.5 Å². The van der Waals surface area contributed by atoms with E-state index < -0.39 is 22.8 Å². The maximum atomic E-state index is 13.1. The molecule has 3 N–H and O–H groups in total. The van der Waals surface area contributed by atoms with Crippen LogP contribution in [0.5, 0.6) is 0 Å². The smallest absolute Gasteiger partial charge is 0.319 e. The van der Waals surface area contributed by atoms with Crippen molar-refractivity contribution >= 4 is 47.0 Å². The maximum absolute atomic E-state index is 13.1. The van der Waals surface area contributed by atoms with Gasteiger partial charge < -0.3 is 15.1 Å². The molecule has 33 heavy (non-hydrogen) atoms. The zero-order valence-corrected chi connectivity index (χ0v) is 19.9. The highest BCUT2D eigenvalue weighted by molar-refractivity contribution is 8.66. The Morgan fingerprint density at radius 2 is 1.76 bits per heavy atom. The monoisotopic (exact) mass is 494 g/mol. The van der Waals surface area contributed by atoms with Crippen molar-refractivity contribution in [2.45, 2.75) is 44.0 Å². The Bertz CT molecular complexity index is 1280. The number of hydrogen-bond acceptors (Lipinski definition) is 9. The highest BCUT2D eigenvalue weighted by Crippen LogP contribution is 2.41. The van der Waals surface area contributed by atoms with Crippen molar-refractivity contribution in [3.8, 4) is 0 Å². The zero-order chi connectivity index (χ0) is 24.0. The largest absolute Gasteiger partial charge is 0.343 e. The van der Waals surface area contributed by atoms with Gasteiger partial charge in [0.2, 0.25) is 11.9 Å². The number of anilines is 4. The Morgan fingerprint density at radius 3 is 2.30 bits per heavy atom. The highest BCUT2D eigenvalue weighted by Gasteiger charge is 2.41. The fourth-order valence-electron chi connectivity index (χ4n) is 3.97. The second kappa shape index (κ2) is 8.54. The van der Waals surface area contributed by atoms with E-state index in [1.54, 1.807) is 11.1 Å². The fourth-order valence-corrected chi connectivity index (χ4v) is 5.85. The summed E-state index contributed by atoms with van der Waals surface area (Å²) in [5.41, 5.74) is 1.11. The standard InChI is InChI=1S/C20H26N6O5S2/c1-3-25-16(11-13-5-6-13)19(27)26(4-2)17-12-22-20(24-18(17)25)23-14-7-9-15(10-8-14)32(28,29)33(21,30)31/h7-10,12-13,16H,3-6,11H2,1-2H3,(H2,21,30,31)(H,22,23,24). The van der Waals surface area contributed by atoms with E-state index >= 15 is 0 Å². The molecule has 2 heterocycles. The molecule has 4 rings (SSSR count). The first-order chi connectivity index (χ1) is 15.6. The number of nitrogens with two attached hydrogens (primary N) is 1. The number of benzene rings is 1. The molecule has 11 nitrogen and oxygen atoms in total. The van der Waals surface area contributed by atoms with Crippen molar-refractivity contribution in [3.63, 3.8) is 0 Å². The van der Waals surface area contributed by atoms with Gasteiger partial charge in [0.15, 0.2) is 5.82 Å². The molecule has 0 saturated heterocycles. The first-order valence-corrected chi connectivity index (χ1v) is 14.2. The molecule has 1 aliphatic heterocycles. The molecule has 2 aliphatic rings. The molecule has 178 valence electrons. The van der Waals surface area contributed by atoms with Crippen LogP contribution in [0.25, 0.3) is 0 Å². The quantitative estimate of drug-likeness (QED) is 0.520. The van der Waals surface area contributed by atoms with Gasteiger partial charge in [-0.05, 0) is 50.5 Å². The summed E-state index contributed by atoms with van der Waals surface area (Å²) in [7, 11) is -9.45. The third kappa shape index (κ3) is 4.39. The average molecular weight is 495 g/mol. The van der Waals surface area contributed by atoms with Crippen molar-refractivity contribution < 1.29 is 21.6 Å². The van der Waals surface area contributed by atoms with E-state index in [2.05, 4.69) is 15.3 Å². The molecule has 1 aromatic carbocycles. The number of carbonyl (C=O) groups is 1. The van der Waals surface area contributed by atoms with Crippen LogP contribution in [0.15, 0.2) is 35.4 Å². The van der Waals surface area contributed by atoms with Crippen molar-refractivity contribution in [3.05, 3.63) is 30.5 Å². The number of nitrogens with one attached hydrogen (secondary N) is 1. The minimum Gasteiger partial charge on any atom is -0.343 e. The summed E-state index contributed by atoms with van der Waals surface area (Å²) >= 11 is 0. The third-order valence-electron chi connectivity index (χ3n) is 5.86. The Balaban J connectivity index is 1.63. The van der Waals surface area contributed by atoms with Crippen LogP contribution >= 0.6 is 0 Å². The SMILES string of the molecule is CCN1C(=O)C(CC2CC2)N(CC)c2nc(Nc3ccc(S(=O)(=O)S(N)(=O)=O)cc3)ncc21. The van der Waals surface area contributed by atoms with Crippen molar-refractivity contribution in [2.75, 3.05) is 28.2 Å². The second-order valence-corrected chi connectivity index (χ2v) is 13.1. The van der Waals surface area contributed by atoms with Gasteiger partial charge in [0.25, 0.3) is 8.87 Å². The van der Waals surface area contributed by atoms with Crippen LogP contribution in [0.1, 0.15) is 33.1 Å². The zero-order valence-electron chi connectivity index (χ0n) is 18.3. The Kier molecular flexibility index (Phi) is 6.05. The molecule has 0 bridgehead atoms. The van der Waals surface area contributed by atoms with Gasteiger partial charge in [0.1, 0.15) is 11.7 Å². The summed E-state index contributed by atoms with van der Waals surface area (Å²) in [5.74, 6) is 1.56. The molecule has 1 aliphatic carbocycles. The Hall–Kier alpha value is -2.77. The van der Waals surface area contributed by atoms with E-state index in [9.17, 15) is 21.6 Å². The normalized spacial score (nSPS) is 18.9. The molecule has 1 unspecified atom stereocenters. The van der Waals surface area contributed by atoms with E-state index in [4.69, 9.17) is 5.14 Å². The van der Waals surface area contributed by atoms with Crippen LogP contribution in [0.4, 0.5) is 23.1 Å². The number of rotatable bonds is 8. The highest BCUT2D eigenvalue weighted by atomic mass is 33.2. The molecule has 1 fully saturated rings. The number of nitrogens with zero attached hydrogens (tertiary/aromatic N) is 4. The predicted molar refractivity (Wildman–Crippen MR) is 124 cm³/mol. The number of hydrogen-bond donors (Lipinski definition) is 2. The van der Waals surface area contributed by atoms with Gasteiger partial charge >= 0.3 is 9.06 Å². The lowest BCUT2D eigenvalue weighted by atomic mass is 10.0. The summed E-state index contributed by atoms with van der Waals surface area (Å²) < 4.78 is 46.5. The topological polar surface area (TPSA) is 156 Å². The minimum atomic E-state index is -4.78. The molecule has 1 amide bonds. The van der Waals surface area contributed by atoms with E-state index in [1.165, 1.54) is 12.1 Å². The van der Waals surface area contributed by atoms with Crippen LogP contribution in [-0.4, -0.2) is 51.8 Å². The Labute approximate surface area is 192 Å². The number of amides is 1. The van der Waals surface area contributed by atoms with Crippen LogP contribution in [0.2, 0.25) is 0 Å². The van der Waals surface area contributed by atoms with Crippen molar-refractivity contribution in [1.82, 2.24) is 9.97 Å². The predicted octanol–water partition coefficient (Wildman–Crippen LogP) is 1.56. The van der Waals surface area contributed by atoms with Crippen molar-refractivity contribution in [2.24, 2.45) is 11.1 Å². The van der Waals surface area contributed by atoms with Gasteiger partial charge in [-0.15, -0.1) is 0 Å². The average Bonchev–Trinajstić information content (AvgIpc) is 3.58. The van der Waals surface area contributed by atoms with Crippen molar-refractivity contribution in [1.29, 1.82) is 0 Å².